The van der Waals surface area contributed by atoms with Crippen LogP contribution in [0.25, 0.3) is 0 Å². The van der Waals surface area contributed by atoms with E-state index in [0.29, 0.717) is 5.75 Å². The van der Waals surface area contributed by atoms with E-state index in [1.807, 2.05) is 24.3 Å². The summed E-state index contributed by atoms with van der Waals surface area (Å²) in [5.74, 6) is 1.35. The maximum atomic E-state index is 11.3. The Bertz CT molecular complexity index is 648. The number of halogens is 1. The molecule has 0 aliphatic heterocycles. The maximum Gasteiger partial charge on any atom is 0.175 e. The molecule has 0 unspecified atom stereocenters. The van der Waals surface area contributed by atoms with Crippen LogP contribution in [0.2, 0.25) is 0 Å². The predicted octanol–water partition coefficient (Wildman–Crippen LogP) is 3.49. The molecule has 0 N–H and O–H groups in total. The first-order valence-corrected chi connectivity index (χ1v) is 8.16. The molecule has 3 nitrogen and oxygen atoms in total. The molecule has 5 heteroatoms. The molecule has 0 saturated carbocycles. The van der Waals surface area contributed by atoms with Gasteiger partial charge < -0.3 is 4.74 Å². The summed E-state index contributed by atoms with van der Waals surface area (Å²) >= 11 is 2.20. The first kappa shape index (κ1) is 13.4. The van der Waals surface area contributed by atoms with Gasteiger partial charge in [-0.3, -0.25) is 0 Å². The van der Waals surface area contributed by atoms with E-state index in [-0.39, 0.29) is 4.90 Å². The van der Waals surface area contributed by atoms with Crippen molar-refractivity contribution in [2.45, 2.75) is 4.90 Å². The fourth-order valence-corrected chi connectivity index (χ4v) is 2.57. The third kappa shape index (κ3) is 3.46. The molecule has 0 bridgehead atoms. The molecule has 0 aromatic heterocycles. The van der Waals surface area contributed by atoms with E-state index in [1.165, 1.54) is 6.26 Å². The number of benzene rings is 2. The average Bonchev–Trinajstić information content (AvgIpc) is 2.28. The van der Waals surface area contributed by atoms with Gasteiger partial charge in [-0.1, -0.05) is 6.07 Å². The Morgan fingerprint density at radius 1 is 1.00 bits per heavy atom. The molecule has 2 aromatic rings. The fraction of sp³-hybridized carbons (Fsp3) is 0.0769. The van der Waals surface area contributed by atoms with E-state index >= 15 is 0 Å². The SMILES string of the molecule is CS(=O)(=O)c1ccc(Oc2cccc(I)c2)cc1. The van der Waals surface area contributed by atoms with Gasteiger partial charge in [0, 0.05) is 9.83 Å². The largest absolute Gasteiger partial charge is 0.457 e. The monoisotopic (exact) mass is 374 g/mol. The lowest BCUT2D eigenvalue weighted by molar-refractivity contribution is 0.482. The van der Waals surface area contributed by atoms with E-state index in [1.54, 1.807) is 24.3 Å². The lowest BCUT2D eigenvalue weighted by Gasteiger charge is -2.06. The van der Waals surface area contributed by atoms with Crippen molar-refractivity contribution in [1.29, 1.82) is 0 Å². The van der Waals surface area contributed by atoms with Crippen molar-refractivity contribution >= 4 is 32.4 Å². The standard InChI is InChI=1S/C13H11IO3S/c1-18(15,16)13-7-5-11(6-8-13)17-12-4-2-3-10(14)9-12/h2-9H,1H3. The Balaban J connectivity index is 2.21. The lowest BCUT2D eigenvalue weighted by Crippen LogP contribution is -1.96. The van der Waals surface area contributed by atoms with Gasteiger partial charge in [0.05, 0.1) is 4.90 Å². The summed E-state index contributed by atoms with van der Waals surface area (Å²) in [7, 11) is -3.16. The molecule has 0 fully saturated rings. The summed E-state index contributed by atoms with van der Waals surface area (Å²) in [6.45, 7) is 0. The maximum absolute atomic E-state index is 11.3. The zero-order valence-electron chi connectivity index (χ0n) is 9.63. The lowest BCUT2D eigenvalue weighted by atomic mass is 10.3. The van der Waals surface area contributed by atoms with Crippen LogP contribution in [0.5, 0.6) is 11.5 Å². The van der Waals surface area contributed by atoms with Crippen molar-refractivity contribution in [3.05, 3.63) is 52.1 Å². The summed E-state index contributed by atoms with van der Waals surface area (Å²) in [6.07, 6.45) is 1.18. The van der Waals surface area contributed by atoms with Crippen molar-refractivity contribution in [1.82, 2.24) is 0 Å². The van der Waals surface area contributed by atoms with Crippen LogP contribution >= 0.6 is 22.6 Å². The minimum absolute atomic E-state index is 0.289. The first-order valence-electron chi connectivity index (χ1n) is 5.19. The van der Waals surface area contributed by atoms with Gasteiger partial charge in [-0.05, 0) is 65.1 Å². The third-order valence-electron chi connectivity index (χ3n) is 2.28. The molecule has 2 aromatic carbocycles. The summed E-state index contributed by atoms with van der Waals surface area (Å²) in [5.41, 5.74) is 0. The quantitative estimate of drug-likeness (QED) is 0.773. The summed E-state index contributed by atoms with van der Waals surface area (Å²) < 4.78 is 29.3. The minimum atomic E-state index is -3.16. The Kier molecular flexibility index (Phi) is 3.91. The molecule has 0 heterocycles. The van der Waals surface area contributed by atoms with Crippen LogP contribution in [0.15, 0.2) is 53.4 Å². The van der Waals surface area contributed by atoms with Crippen LogP contribution in [0, 0.1) is 3.57 Å². The zero-order valence-corrected chi connectivity index (χ0v) is 12.6. The molecular weight excluding hydrogens is 363 g/mol. The van der Waals surface area contributed by atoms with E-state index in [4.69, 9.17) is 4.74 Å². The Morgan fingerprint density at radius 3 is 2.22 bits per heavy atom. The van der Waals surface area contributed by atoms with Gasteiger partial charge in [0.2, 0.25) is 0 Å². The number of ether oxygens (including phenoxy) is 1. The van der Waals surface area contributed by atoms with Crippen molar-refractivity contribution in [3.63, 3.8) is 0 Å². The topological polar surface area (TPSA) is 43.4 Å². The van der Waals surface area contributed by atoms with Gasteiger partial charge in [0.25, 0.3) is 0 Å². The second-order valence-electron chi connectivity index (χ2n) is 3.80. The highest BCUT2D eigenvalue weighted by Gasteiger charge is 2.06. The molecule has 0 spiro atoms. The van der Waals surface area contributed by atoms with E-state index in [2.05, 4.69) is 22.6 Å². The van der Waals surface area contributed by atoms with Crippen molar-refractivity contribution in [2.75, 3.05) is 6.26 Å². The van der Waals surface area contributed by atoms with Crippen LogP contribution in [-0.2, 0) is 9.84 Å². The average molecular weight is 374 g/mol. The van der Waals surface area contributed by atoms with Crippen LogP contribution in [0.1, 0.15) is 0 Å². The van der Waals surface area contributed by atoms with Crippen molar-refractivity contribution in [3.8, 4) is 11.5 Å². The molecule has 2 rings (SSSR count). The van der Waals surface area contributed by atoms with E-state index in [0.717, 1.165) is 9.32 Å². The highest BCUT2D eigenvalue weighted by atomic mass is 127. The Labute approximate surface area is 120 Å². The minimum Gasteiger partial charge on any atom is -0.457 e. The van der Waals surface area contributed by atoms with Gasteiger partial charge in [-0.25, -0.2) is 8.42 Å². The van der Waals surface area contributed by atoms with Gasteiger partial charge >= 0.3 is 0 Å². The van der Waals surface area contributed by atoms with E-state index < -0.39 is 9.84 Å². The Hall–Kier alpha value is -1.08. The zero-order chi connectivity index (χ0) is 13.2. The number of rotatable bonds is 3. The highest BCUT2D eigenvalue weighted by Crippen LogP contribution is 2.24. The normalized spacial score (nSPS) is 11.2. The van der Waals surface area contributed by atoms with Crippen LogP contribution in [-0.4, -0.2) is 14.7 Å². The molecule has 18 heavy (non-hydrogen) atoms. The van der Waals surface area contributed by atoms with Gasteiger partial charge in [-0.15, -0.1) is 0 Å². The summed E-state index contributed by atoms with van der Waals surface area (Å²) in [6, 6.07) is 14.0. The smallest absolute Gasteiger partial charge is 0.175 e. The molecule has 0 aliphatic carbocycles. The molecule has 0 atom stereocenters. The summed E-state index contributed by atoms with van der Waals surface area (Å²) in [4.78, 5) is 0.289. The summed E-state index contributed by atoms with van der Waals surface area (Å²) in [5, 5.41) is 0. The number of hydrogen-bond donors (Lipinski definition) is 0. The molecule has 0 amide bonds. The third-order valence-corrected chi connectivity index (χ3v) is 4.08. The second-order valence-corrected chi connectivity index (χ2v) is 7.06. The molecule has 94 valence electrons. The number of sulfone groups is 1. The van der Waals surface area contributed by atoms with Gasteiger partial charge in [0.15, 0.2) is 9.84 Å². The fourth-order valence-electron chi connectivity index (χ4n) is 1.42. The first-order chi connectivity index (χ1) is 8.45. The second kappa shape index (κ2) is 5.27. The highest BCUT2D eigenvalue weighted by molar-refractivity contribution is 14.1. The number of hydrogen-bond acceptors (Lipinski definition) is 3. The van der Waals surface area contributed by atoms with Crippen LogP contribution in [0.4, 0.5) is 0 Å². The van der Waals surface area contributed by atoms with Crippen molar-refractivity contribution < 1.29 is 13.2 Å². The van der Waals surface area contributed by atoms with Crippen LogP contribution in [0.3, 0.4) is 0 Å². The van der Waals surface area contributed by atoms with E-state index in [9.17, 15) is 8.42 Å². The van der Waals surface area contributed by atoms with Crippen LogP contribution < -0.4 is 4.74 Å². The van der Waals surface area contributed by atoms with Gasteiger partial charge in [0.1, 0.15) is 11.5 Å². The van der Waals surface area contributed by atoms with Gasteiger partial charge in [-0.2, -0.15) is 0 Å². The molecular formula is C13H11IO3S. The predicted molar refractivity (Wildman–Crippen MR) is 78.8 cm³/mol. The molecule has 0 radical (unpaired) electrons. The Morgan fingerprint density at radius 2 is 1.67 bits per heavy atom. The molecule has 0 saturated heterocycles. The molecule has 0 aliphatic rings. The van der Waals surface area contributed by atoms with Crippen molar-refractivity contribution in [2.24, 2.45) is 0 Å².